The third-order valence-corrected chi connectivity index (χ3v) is 4.82. The zero-order valence-corrected chi connectivity index (χ0v) is 17.8. The molecule has 0 saturated heterocycles. The molecule has 3 rings (SSSR count). The number of hydrogen-bond acceptors (Lipinski definition) is 3. The van der Waals surface area contributed by atoms with E-state index in [1.165, 1.54) is 0 Å². The zero-order chi connectivity index (χ0) is 20.3. The third kappa shape index (κ3) is 4.70. The first-order chi connectivity index (χ1) is 13.3. The summed E-state index contributed by atoms with van der Waals surface area (Å²) in [6.45, 7) is 3.62. The van der Waals surface area contributed by atoms with Crippen molar-refractivity contribution in [3.8, 4) is 11.5 Å². The van der Waals surface area contributed by atoms with Crippen molar-refractivity contribution in [1.82, 2.24) is 0 Å². The molecule has 0 aliphatic rings. The maximum atomic E-state index is 12.6. The summed E-state index contributed by atoms with van der Waals surface area (Å²) in [7, 11) is 0. The van der Waals surface area contributed by atoms with E-state index < -0.39 is 4.32 Å². The van der Waals surface area contributed by atoms with Crippen molar-refractivity contribution in [1.29, 1.82) is 0 Å². The Kier molecular flexibility index (Phi) is 6.01. The summed E-state index contributed by atoms with van der Waals surface area (Å²) in [4.78, 5) is 24.8. The molecule has 0 heterocycles. The third-order valence-electron chi connectivity index (χ3n) is 4.13. The molecule has 0 aliphatic carbocycles. The van der Waals surface area contributed by atoms with Crippen LogP contribution in [-0.4, -0.2) is 15.9 Å². The highest BCUT2D eigenvalue weighted by Crippen LogP contribution is 2.27. The lowest BCUT2D eigenvalue weighted by molar-refractivity contribution is 0.0960. The molecule has 0 fully saturated rings. The number of rotatable bonds is 6. The highest BCUT2D eigenvalue weighted by atomic mass is 79.9. The van der Waals surface area contributed by atoms with Crippen molar-refractivity contribution in [2.75, 3.05) is 0 Å². The van der Waals surface area contributed by atoms with Gasteiger partial charge in [-0.3, -0.25) is 9.59 Å². The van der Waals surface area contributed by atoms with Crippen LogP contribution in [0, 0.1) is 0 Å². The molecule has 0 atom stereocenters. The van der Waals surface area contributed by atoms with Crippen LogP contribution in [0.3, 0.4) is 0 Å². The van der Waals surface area contributed by atoms with Gasteiger partial charge in [0.05, 0.1) is 9.35 Å². The van der Waals surface area contributed by atoms with Crippen molar-refractivity contribution < 1.29 is 14.3 Å². The van der Waals surface area contributed by atoms with Crippen LogP contribution < -0.4 is 4.74 Å². The van der Waals surface area contributed by atoms with Gasteiger partial charge in [0, 0.05) is 16.7 Å². The van der Waals surface area contributed by atoms with Crippen molar-refractivity contribution >= 4 is 39.1 Å². The molecule has 0 amide bonds. The second-order valence-corrected chi connectivity index (χ2v) is 9.15. The molecule has 3 aromatic rings. The van der Waals surface area contributed by atoms with Crippen LogP contribution >= 0.6 is 27.5 Å². The number of halogens is 2. The number of ether oxygens (including phenoxy) is 1. The second-order valence-electron chi connectivity index (χ2n) is 6.76. The standard InChI is InChI=1S/C23H18BrClO3/c1-23(2,24)22(27)16-9-13-18(14-10-16)28-17-11-7-15(8-12-17)21(26)19-5-3-4-6-20(19)25/h3-14H,1-2H3. The molecule has 3 aromatic carbocycles. The van der Waals surface area contributed by atoms with E-state index in [9.17, 15) is 9.59 Å². The molecular weight excluding hydrogens is 440 g/mol. The Morgan fingerprint density at radius 3 is 1.82 bits per heavy atom. The van der Waals surface area contributed by atoms with Crippen molar-refractivity contribution in [3.63, 3.8) is 0 Å². The molecule has 0 radical (unpaired) electrons. The molecule has 0 unspecified atom stereocenters. The molecule has 3 nitrogen and oxygen atoms in total. The van der Waals surface area contributed by atoms with Gasteiger partial charge in [0.25, 0.3) is 0 Å². The number of alkyl halides is 1. The lowest BCUT2D eigenvalue weighted by atomic mass is 10.0. The molecule has 28 heavy (non-hydrogen) atoms. The average molecular weight is 458 g/mol. The number of Topliss-reactive ketones (excluding diaryl/α,β-unsaturated/α-hetero) is 1. The van der Waals surface area contributed by atoms with Crippen LogP contribution in [0.1, 0.15) is 40.1 Å². The molecule has 0 bridgehead atoms. The molecule has 142 valence electrons. The number of hydrogen-bond donors (Lipinski definition) is 0. The van der Waals surface area contributed by atoms with E-state index >= 15 is 0 Å². The average Bonchev–Trinajstić information content (AvgIpc) is 2.68. The summed E-state index contributed by atoms with van der Waals surface area (Å²) < 4.78 is 5.19. The van der Waals surface area contributed by atoms with Crippen LogP contribution in [0.2, 0.25) is 5.02 Å². The van der Waals surface area contributed by atoms with Gasteiger partial charge < -0.3 is 4.74 Å². The van der Waals surface area contributed by atoms with Gasteiger partial charge in [0.15, 0.2) is 11.6 Å². The fraction of sp³-hybridized carbons (Fsp3) is 0.130. The number of carbonyl (C=O) groups is 2. The van der Waals surface area contributed by atoms with E-state index in [1.807, 2.05) is 13.8 Å². The number of benzene rings is 3. The van der Waals surface area contributed by atoms with E-state index in [2.05, 4.69) is 15.9 Å². The van der Waals surface area contributed by atoms with Crippen molar-refractivity contribution in [3.05, 3.63) is 94.5 Å². The minimum atomic E-state index is -0.612. The van der Waals surface area contributed by atoms with Gasteiger partial charge >= 0.3 is 0 Å². The minimum absolute atomic E-state index is 0.00138. The summed E-state index contributed by atoms with van der Waals surface area (Å²) in [5, 5.41) is 0.425. The first kappa shape index (κ1) is 20.3. The fourth-order valence-corrected chi connectivity index (χ4v) is 3.08. The molecule has 0 aromatic heterocycles. The molecular formula is C23H18BrClO3. The van der Waals surface area contributed by atoms with Crippen LogP contribution in [0.15, 0.2) is 72.8 Å². The predicted molar refractivity (Wildman–Crippen MR) is 115 cm³/mol. The maximum absolute atomic E-state index is 12.6. The Hall–Kier alpha value is -2.43. The molecule has 0 saturated carbocycles. The topological polar surface area (TPSA) is 43.4 Å². The number of ketones is 2. The van der Waals surface area contributed by atoms with Crippen molar-refractivity contribution in [2.45, 2.75) is 18.2 Å². The normalized spacial score (nSPS) is 11.1. The maximum Gasteiger partial charge on any atom is 0.194 e. The van der Waals surface area contributed by atoms with Gasteiger partial charge in [-0.15, -0.1) is 0 Å². The van der Waals surface area contributed by atoms with Gasteiger partial charge in [-0.2, -0.15) is 0 Å². The van der Waals surface area contributed by atoms with Gasteiger partial charge in [-0.25, -0.2) is 0 Å². The van der Waals surface area contributed by atoms with Gasteiger partial charge in [-0.1, -0.05) is 39.7 Å². The highest BCUT2D eigenvalue weighted by Gasteiger charge is 2.24. The monoisotopic (exact) mass is 456 g/mol. The summed E-state index contributed by atoms with van der Waals surface area (Å²) in [6, 6.07) is 20.8. The Morgan fingerprint density at radius 1 is 0.821 bits per heavy atom. The summed E-state index contributed by atoms with van der Waals surface area (Å²) >= 11 is 9.47. The zero-order valence-electron chi connectivity index (χ0n) is 15.4. The quantitative estimate of drug-likeness (QED) is 0.305. The lowest BCUT2D eigenvalue weighted by Gasteiger charge is -2.14. The minimum Gasteiger partial charge on any atom is -0.457 e. The molecule has 0 aliphatic heterocycles. The van der Waals surface area contributed by atoms with Gasteiger partial charge in [0.1, 0.15) is 11.5 Å². The predicted octanol–water partition coefficient (Wildman–Crippen LogP) is 6.72. The lowest BCUT2D eigenvalue weighted by Crippen LogP contribution is -2.23. The first-order valence-corrected chi connectivity index (χ1v) is 9.84. The van der Waals surface area contributed by atoms with Gasteiger partial charge in [0.2, 0.25) is 0 Å². The second kappa shape index (κ2) is 8.29. The van der Waals surface area contributed by atoms with E-state index in [0.29, 0.717) is 33.2 Å². The molecule has 0 N–H and O–H groups in total. The fourth-order valence-electron chi connectivity index (χ4n) is 2.63. The van der Waals surface area contributed by atoms with Crippen LogP contribution in [0.4, 0.5) is 0 Å². The number of carbonyl (C=O) groups excluding carboxylic acids is 2. The molecule has 0 spiro atoms. The van der Waals surface area contributed by atoms with E-state index in [1.54, 1.807) is 72.8 Å². The van der Waals surface area contributed by atoms with Crippen LogP contribution in [0.25, 0.3) is 0 Å². The van der Waals surface area contributed by atoms with E-state index in [-0.39, 0.29) is 11.6 Å². The van der Waals surface area contributed by atoms with Crippen LogP contribution in [0.5, 0.6) is 11.5 Å². The van der Waals surface area contributed by atoms with Gasteiger partial charge in [-0.05, 0) is 74.5 Å². The van der Waals surface area contributed by atoms with E-state index in [4.69, 9.17) is 16.3 Å². The SMILES string of the molecule is CC(C)(Br)C(=O)c1ccc(Oc2ccc(C(=O)c3ccccc3Cl)cc2)cc1. The smallest absolute Gasteiger partial charge is 0.194 e. The summed E-state index contributed by atoms with van der Waals surface area (Å²) in [6.07, 6.45) is 0. The van der Waals surface area contributed by atoms with Crippen molar-refractivity contribution in [2.24, 2.45) is 0 Å². The summed E-state index contributed by atoms with van der Waals surface area (Å²) in [5.74, 6) is 1.06. The van der Waals surface area contributed by atoms with E-state index in [0.717, 1.165) is 0 Å². The Morgan fingerprint density at radius 2 is 1.32 bits per heavy atom. The largest absolute Gasteiger partial charge is 0.457 e. The molecule has 5 heteroatoms. The summed E-state index contributed by atoms with van der Waals surface area (Å²) in [5.41, 5.74) is 1.60. The Bertz CT molecular complexity index is 1000. The first-order valence-electron chi connectivity index (χ1n) is 8.66. The Labute approximate surface area is 177 Å². The van der Waals surface area contributed by atoms with Crippen LogP contribution in [-0.2, 0) is 0 Å². The Balaban J connectivity index is 1.72. The highest BCUT2D eigenvalue weighted by molar-refractivity contribution is 9.10.